The summed E-state index contributed by atoms with van der Waals surface area (Å²) >= 11 is 5.91. The fourth-order valence-electron chi connectivity index (χ4n) is 2.60. The molecule has 7 nitrogen and oxygen atoms in total. The van der Waals surface area contributed by atoms with Crippen LogP contribution in [0.2, 0.25) is 5.02 Å². The molecule has 1 aromatic carbocycles. The zero-order valence-electron chi connectivity index (χ0n) is 13.5. The number of hydrogen-bond donors (Lipinski definition) is 2. The molecular formula is C16H17ClN4O3S. The van der Waals surface area contributed by atoms with Gasteiger partial charge in [0.05, 0.1) is 11.5 Å². The van der Waals surface area contributed by atoms with E-state index < -0.39 is 15.7 Å². The summed E-state index contributed by atoms with van der Waals surface area (Å²) in [5.41, 5.74) is 1.36. The van der Waals surface area contributed by atoms with Crippen LogP contribution in [0.5, 0.6) is 0 Å². The number of nitrogens with one attached hydrogen (secondary N) is 2. The maximum Gasteiger partial charge on any atom is 0.274 e. The Hall–Kier alpha value is -2.19. The number of sulfone groups is 1. The summed E-state index contributed by atoms with van der Waals surface area (Å²) < 4.78 is 23.1. The van der Waals surface area contributed by atoms with Crippen molar-refractivity contribution in [3.63, 3.8) is 0 Å². The average molecular weight is 381 g/mol. The standard InChI is InChI=1S/C16H17ClN4O3S/c1-10-7-14(15(22)19-12-4-2-3-11(17)8-12)21-16(18-10)20-13-5-6-25(23,24)9-13/h2-4,7-8,13H,5-6,9H2,1H3,(H,19,22)(H,18,20,21). The highest BCUT2D eigenvalue weighted by Crippen LogP contribution is 2.18. The molecule has 0 spiro atoms. The molecule has 1 aromatic heterocycles. The van der Waals surface area contributed by atoms with E-state index in [1.54, 1.807) is 37.3 Å². The van der Waals surface area contributed by atoms with Crippen molar-refractivity contribution < 1.29 is 13.2 Å². The van der Waals surface area contributed by atoms with E-state index in [0.29, 0.717) is 22.8 Å². The number of anilines is 2. The molecular weight excluding hydrogens is 364 g/mol. The Bertz CT molecular complexity index is 917. The quantitative estimate of drug-likeness (QED) is 0.843. The van der Waals surface area contributed by atoms with Gasteiger partial charge in [-0.25, -0.2) is 18.4 Å². The lowest BCUT2D eigenvalue weighted by molar-refractivity contribution is 0.102. The number of amides is 1. The van der Waals surface area contributed by atoms with Gasteiger partial charge in [0.25, 0.3) is 5.91 Å². The van der Waals surface area contributed by atoms with Crippen molar-refractivity contribution in [3.8, 4) is 0 Å². The van der Waals surface area contributed by atoms with Crippen LogP contribution < -0.4 is 10.6 Å². The molecule has 2 heterocycles. The Kier molecular flexibility index (Phi) is 4.91. The minimum atomic E-state index is -3.01. The molecule has 1 fully saturated rings. The van der Waals surface area contributed by atoms with E-state index in [-0.39, 0.29) is 29.2 Å². The Labute approximate surface area is 150 Å². The second kappa shape index (κ2) is 6.97. The zero-order valence-corrected chi connectivity index (χ0v) is 15.1. The minimum Gasteiger partial charge on any atom is -0.350 e. The Morgan fingerprint density at radius 3 is 2.76 bits per heavy atom. The number of carbonyl (C=O) groups excluding carboxylic acids is 1. The van der Waals surface area contributed by atoms with Gasteiger partial charge in [0, 0.05) is 22.4 Å². The monoisotopic (exact) mass is 380 g/mol. The maximum atomic E-state index is 12.4. The van der Waals surface area contributed by atoms with Crippen LogP contribution in [0.15, 0.2) is 30.3 Å². The second-order valence-electron chi connectivity index (χ2n) is 5.93. The Morgan fingerprint density at radius 1 is 1.28 bits per heavy atom. The van der Waals surface area contributed by atoms with Crippen molar-refractivity contribution in [2.75, 3.05) is 22.1 Å². The first-order chi connectivity index (χ1) is 11.8. The third kappa shape index (κ3) is 4.67. The van der Waals surface area contributed by atoms with Gasteiger partial charge in [-0.3, -0.25) is 4.79 Å². The SMILES string of the molecule is Cc1cc(C(=O)Nc2cccc(Cl)c2)nc(NC2CCS(=O)(=O)C2)n1. The van der Waals surface area contributed by atoms with E-state index in [4.69, 9.17) is 11.6 Å². The number of aromatic nitrogens is 2. The maximum absolute atomic E-state index is 12.4. The Morgan fingerprint density at radius 2 is 2.08 bits per heavy atom. The molecule has 0 bridgehead atoms. The van der Waals surface area contributed by atoms with Gasteiger partial charge in [-0.1, -0.05) is 17.7 Å². The minimum absolute atomic E-state index is 0.0499. The van der Waals surface area contributed by atoms with E-state index in [2.05, 4.69) is 20.6 Å². The summed E-state index contributed by atoms with van der Waals surface area (Å²) in [7, 11) is -3.01. The third-order valence-electron chi connectivity index (χ3n) is 3.73. The molecule has 1 saturated heterocycles. The van der Waals surface area contributed by atoms with E-state index >= 15 is 0 Å². The van der Waals surface area contributed by atoms with Crippen LogP contribution in [0.3, 0.4) is 0 Å². The topological polar surface area (TPSA) is 101 Å². The van der Waals surface area contributed by atoms with Crippen molar-refractivity contribution >= 4 is 39.0 Å². The summed E-state index contributed by atoms with van der Waals surface area (Å²) in [4.78, 5) is 20.8. The highest BCUT2D eigenvalue weighted by molar-refractivity contribution is 7.91. The van der Waals surface area contributed by atoms with Crippen molar-refractivity contribution in [1.29, 1.82) is 0 Å². The van der Waals surface area contributed by atoms with Gasteiger partial charge in [-0.05, 0) is 37.6 Å². The summed E-state index contributed by atoms with van der Waals surface area (Å²) in [5.74, 6) is 0.0561. The van der Waals surface area contributed by atoms with E-state index in [1.807, 2.05) is 0 Å². The molecule has 0 aliphatic carbocycles. The lowest BCUT2D eigenvalue weighted by Crippen LogP contribution is -2.23. The van der Waals surface area contributed by atoms with E-state index in [9.17, 15) is 13.2 Å². The van der Waals surface area contributed by atoms with Crippen LogP contribution in [-0.2, 0) is 9.84 Å². The second-order valence-corrected chi connectivity index (χ2v) is 8.59. The highest BCUT2D eigenvalue weighted by atomic mass is 35.5. The molecule has 1 aliphatic heterocycles. The number of nitrogens with zero attached hydrogens (tertiary/aromatic N) is 2. The van der Waals surface area contributed by atoms with Crippen molar-refractivity contribution in [3.05, 3.63) is 46.7 Å². The fraction of sp³-hybridized carbons (Fsp3) is 0.312. The molecule has 9 heteroatoms. The van der Waals surface area contributed by atoms with Gasteiger partial charge in [0.1, 0.15) is 5.69 Å². The first-order valence-electron chi connectivity index (χ1n) is 7.70. The van der Waals surface area contributed by atoms with E-state index in [0.717, 1.165) is 0 Å². The molecule has 1 aliphatic rings. The van der Waals surface area contributed by atoms with E-state index in [1.165, 1.54) is 0 Å². The number of carbonyl (C=O) groups is 1. The summed E-state index contributed by atoms with van der Waals surface area (Å²) in [5, 5.41) is 6.24. The van der Waals surface area contributed by atoms with Crippen LogP contribution in [0.25, 0.3) is 0 Å². The van der Waals surface area contributed by atoms with Gasteiger partial charge in [-0.15, -0.1) is 0 Å². The number of rotatable bonds is 4. The molecule has 25 heavy (non-hydrogen) atoms. The van der Waals surface area contributed by atoms with Crippen LogP contribution in [0.1, 0.15) is 22.6 Å². The van der Waals surface area contributed by atoms with Crippen LogP contribution >= 0.6 is 11.6 Å². The van der Waals surface area contributed by atoms with Crippen LogP contribution in [0.4, 0.5) is 11.6 Å². The lowest BCUT2D eigenvalue weighted by Gasteiger charge is -2.12. The predicted octanol–water partition coefficient (Wildman–Crippen LogP) is 2.29. The largest absolute Gasteiger partial charge is 0.350 e. The van der Waals surface area contributed by atoms with Gasteiger partial charge < -0.3 is 10.6 Å². The number of aryl methyl sites for hydroxylation is 1. The van der Waals surface area contributed by atoms with Crippen molar-refractivity contribution in [2.24, 2.45) is 0 Å². The van der Waals surface area contributed by atoms with Crippen LogP contribution in [0, 0.1) is 6.92 Å². The normalized spacial score (nSPS) is 18.7. The molecule has 3 rings (SSSR count). The predicted molar refractivity (Wildman–Crippen MR) is 96.9 cm³/mol. The van der Waals surface area contributed by atoms with Gasteiger partial charge in [0.15, 0.2) is 9.84 Å². The zero-order chi connectivity index (χ0) is 18.0. The van der Waals surface area contributed by atoms with Crippen molar-refractivity contribution in [2.45, 2.75) is 19.4 Å². The summed E-state index contributed by atoms with van der Waals surface area (Å²) in [6.45, 7) is 1.74. The summed E-state index contributed by atoms with van der Waals surface area (Å²) in [6.07, 6.45) is 0.504. The third-order valence-corrected chi connectivity index (χ3v) is 5.74. The average Bonchev–Trinajstić information content (AvgIpc) is 2.85. The fourth-order valence-corrected chi connectivity index (χ4v) is 4.47. The van der Waals surface area contributed by atoms with Gasteiger partial charge in [-0.2, -0.15) is 0 Å². The first-order valence-corrected chi connectivity index (χ1v) is 9.90. The molecule has 0 saturated carbocycles. The number of benzene rings is 1. The molecule has 2 N–H and O–H groups in total. The number of halogens is 1. The molecule has 1 unspecified atom stereocenters. The molecule has 2 aromatic rings. The van der Waals surface area contributed by atoms with Gasteiger partial charge in [0.2, 0.25) is 5.95 Å². The summed E-state index contributed by atoms with van der Waals surface area (Å²) in [6, 6.07) is 8.13. The van der Waals surface area contributed by atoms with Crippen molar-refractivity contribution in [1.82, 2.24) is 9.97 Å². The molecule has 0 radical (unpaired) electrons. The number of hydrogen-bond acceptors (Lipinski definition) is 6. The smallest absolute Gasteiger partial charge is 0.274 e. The molecule has 1 amide bonds. The van der Waals surface area contributed by atoms with Crippen LogP contribution in [-0.4, -0.2) is 41.8 Å². The first kappa shape index (κ1) is 17.6. The molecule has 1 atom stereocenters. The van der Waals surface area contributed by atoms with Gasteiger partial charge >= 0.3 is 0 Å². The lowest BCUT2D eigenvalue weighted by atomic mass is 10.2. The highest BCUT2D eigenvalue weighted by Gasteiger charge is 2.28. The Balaban J connectivity index is 1.75. The molecule has 132 valence electrons.